The SMILES string of the molecule is COC(=O)/N=C(SC)/C(=N/c1ccc(-c2noc(C)n2)cc1)c1cc(OC)nc(OC)c1. The van der Waals surface area contributed by atoms with E-state index in [4.69, 9.17) is 23.7 Å². The summed E-state index contributed by atoms with van der Waals surface area (Å²) in [6.45, 7) is 1.73. The zero-order valence-corrected chi connectivity index (χ0v) is 19.0. The summed E-state index contributed by atoms with van der Waals surface area (Å²) in [5.41, 5.74) is 2.42. The molecule has 0 saturated heterocycles. The number of rotatable bonds is 6. The van der Waals surface area contributed by atoms with Gasteiger partial charge >= 0.3 is 6.09 Å². The number of aromatic nitrogens is 3. The Kier molecular flexibility index (Phi) is 7.55. The topological polar surface area (TPSA) is 121 Å². The van der Waals surface area contributed by atoms with Gasteiger partial charge in [0, 0.05) is 30.2 Å². The monoisotopic (exact) mass is 455 g/mol. The van der Waals surface area contributed by atoms with Crippen LogP contribution in [0.15, 0.2) is 50.9 Å². The number of carbonyl (C=O) groups excluding carboxylic acids is 1. The lowest BCUT2D eigenvalue weighted by Gasteiger charge is -2.11. The van der Waals surface area contributed by atoms with Crippen molar-refractivity contribution in [2.45, 2.75) is 6.92 Å². The summed E-state index contributed by atoms with van der Waals surface area (Å²) in [4.78, 5) is 29.0. The molecule has 1 amide bonds. The van der Waals surface area contributed by atoms with Crippen LogP contribution in [0, 0.1) is 6.92 Å². The summed E-state index contributed by atoms with van der Waals surface area (Å²) < 4.78 is 20.3. The summed E-state index contributed by atoms with van der Waals surface area (Å²) in [5, 5.41) is 4.27. The summed E-state index contributed by atoms with van der Waals surface area (Å²) in [7, 11) is 4.26. The summed E-state index contributed by atoms with van der Waals surface area (Å²) >= 11 is 1.25. The molecule has 0 saturated carbocycles. The molecule has 0 aliphatic rings. The van der Waals surface area contributed by atoms with Crippen LogP contribution >= 0.6 is 11.8 Å². The largest absolute Gasteiger partial charge is 0.481 e. The molecule has 32 heavy (non-hydrogen) atoms. The van der Waals surface area contributed by atoms with Crippen molar-refractivity contribution < 1.29 is 23.5 Å². The molecular formula is C21H21N5O5S. The summed E-state index contributed by atoms with van der Waals surface area (Å²) in [6.07, 6.45) is 1.05. The maximum Gasteiger partial charge on any atom is 0.434 e. The van der Waals surface area contributed by atoms with Gasteiger partial charge in [0.15, 0.2) is 0 Å². The van der Waals surface area contributed by atoms with E-state index in [-0.39, 0.29) is 0 Å². The lowest BCUT2D eigenvalue weighted by Crippen LogP contribution is -2.15. The van der Waals surface area contributed by atoms with Crippen LogP contribution in [0.5, 0.6) is 11.8 Å². The number of hydrogen-bond donors (Lipinski definition) is 0. The van der Waals surface area contributed by atoms with Crippen LogP contribution in [-0.2, 0) is 4.74 Å². The van der Waals surface area contributed by atoms with Gasteiger partial charge in [0.25, 0.3) is 0 Å². The fourth-order valence-electron chi connectivity index (χ4n) is 2.62. The van der Waals surface area contributed by atoms with Crippen molar-refractivity contribution in [1.82, 2.24) is 15.1 Å². The van der Waals surface area contributed by atoms with E-state index in [0.717, 1.165) is 5.56 Å². The second kappa shape index (κ2) is 10.5. The molecule has 0 fully saturated rings. The maximum absolute atomic E-state index is 11.9. The van der Waals surface area contributed by atoms with Crippen LogP contribution in [0.1, 0.15) is 11.5 Å². The van der Waals surface area contributed by atoms with Gasteiger partial charge in [-0.25, -0.2) is 9.79 Å². The molecule has 11 heteroatoms. The Morgan fingerprint density at radius 3 is 2.19 bits per heavy atom. The molecular weight excluding hydrogens is 434 g/mol. The van der Waals surface area contributed by atoms with Gasteiger partial charge in [0.05, 0.1) is 27.0 Å². The number of aliphatic imine (C=N–C) groups is 2. The van der Waals surface area contributed by atoms with Crippen molar-refractivity contribution in [2.75, 3.05) is 27.6 Å². The first-order valence-electron chi connectivity index (χ1n) is 9.28. The van der Waals surface area contributed by atoms with E-state index >= 15 is 0 Å². The molecule has 0 atom stereocenters. The molecule has 2 aromatic heterocycles. The lowest BCUT2D eigenvalue weighted by molar-refractivity contribution is 0.183. The van der Waals surface area contributed by atoms with Crippen LogP contribution in [-0.4, -0.2) is 59.6 Å². The van der Waals surface area contributed by atoms with Gasteiger partial charge < -0.3 is 18.7 Å². The minimum Gasteiger partial charge on any atom is -0.481 e. The van der Waals surface area contributed by atoms with Gasteiger partial charge in [0.2, 0.25) is 23.5 Å². The Hall–Kier alpha value is -3.73. The Labute approximate surface area is 188 Å². The van der Waals surface area contributed by atoms with Crippen molar-refractivity contribution in [2.24, 2.45) is 9.98 Å². The normalized spacial score (nSPS) is 11.9. The second-order valence-electron chi connectivity index (χ2n) is 6.18. The quantitative estimate of drug-likeness (QED) is 0.399. The number of benzene rings is 1. The fourth-order valence-corrected chi connectivity index (χ4v) is 3.14. The molecule has 10 nitrogen and oxygen atoms in total. The maximum atomic E-state index is 11.9. The first kappa shape index (κ1) is 22.9. The number of aryl methyl sites for hydroxylation is 1. The summed E-state index contributed by atoms with van der Waals surface area (Å²) in [6, 6.07) is 10.6. The molecule has 0 unspecified atom stereocenters. The predicted octanol–water partition coefficient (Wildman–Crippen LogP) is 4.11. The standard InChI is InChI=1S/C21H21N5O5S/c1-12-22-19(26-31-12)13-6-8-15(9-7-13)23-18(20(32-5)25-21(27)30-4)14-10-16(28-2)24-17(11-14)29-3/h6-11H,1-5H3/b23-18+,25-20-. The zero-order chi connectivity index (χ0) is 23.1. The molecule has 0 aliphatic carbocycles. The van der Waals surface area contributed by atoms with E-state index in [1.807, 2.05) is 12.1 Å². The molecule has 1 aromatic carbocycles. The highest BCUT2D eigenvalue weighted by molar-refractivity contribution is 8.15. The molecule has 0 bridgehead atoms. The average Bonchev–Trinajstić information content (AvgIpc) is 3.27. The van der Waals surface area contributed by atoms with Gasteiger partial charge in [-0.2, -0.15) is 15.0 Å². The molecule has 166 valence electrons. The summed E-state index contributed by atoms with van der Waals surface area (Å²) in [5.74, 6) is 1.62. The molecule has 0 N–H and O–H groups in total. The molecule has 3 rings (SSSR count). The highest BCUT2D eigenvalue weighted by atomic mass is 32.2. The second-order valence-corrected chi connectivity index (χ2v) is 6.97. The number of nitrogens with zero attached hydrogens (tertiary/aromatic N) is 5. The van der Waals surface area contributed by atoms with E-state index in [0.29, 0.717) is 45.5 Å². The molecule has 0 spiro atoms. The van der Waals surface area contributed by atoms with E-state index < -0.39 is 6.09 Å². The van der Waals surface area contributed by atoms with E-state index in [1.54, 1.807) is 37.4 Å². The number of ether oxygens (including phenoxy) is 3. The first-order valence-corrected chi connectivity index (χ1v) is 10.5. The van der Waals surface area contributed by atoms with Gasteiger partial charge in [-0.1, -0.05) is 5.16 Å². The van der Waals surface area contributed by atoms with Crippen molar-refractivity contribution >= 4 is 34.3 Å². The minimum atomic E-state index is -0.738. The third-order valence-corrected chi connectivity index (χ3v) is 4.80. The molecule has 0 radical (unpaired) electrons. The fraction of sp³-hybridized carbons (Fsp3) is 0.238. The van der Waals surface area contributed by atoms with Crippen LogP contribution in [0.2, 0.25) is 0 Å². The minimum absolute atomic E-state index is 0.327. The van der Waals surface area contributed by atoms with Crippen LogP contribution in [0.25, 0.3) is 11.4 Å². The third kappa shape index (κ3) is 5.49. The van der Waals surface area contributed by atoms with E-state index in [9.17, 15) is 4.79 Å². The number of thioether (sulfide) groups is 1. The molecule has 0 aliphatic heterocycles. The average molecular weight is 455 g/mol. The Morgan fingerprint density at radius 2 is 1.69 bits per heavy atom. The molecule has 2 heterocycles. The molecule has 3 aromatic rings. The van der Waals surface area contributed by atoms with Crippen molar-refractivity contribution in [3.8, 4) is 23.1 Å². The van der Waals surface area contributed by atoms with Crippen LogP contribution < -0.4 is 9.47 Å². The van der Waals surface area contributed by atoms with Crippen LogP contribution in [0.4, 0.5) is 10.5 Å². The van der Waals surface area contributed by atoms with Gasteiger partial charge in [0.1, 0.15) is 10.8 Å². The van der Waals surface area contributed by atoms with E-state index in [2.05, 4.69) is 20.1 Å². The number of amides is 1. The van der Waals surface area contributed by atoms with Crippen molar-refractivity contribution in [3.05, 3.63) is 47.9 Å². The lowest BCUT2D eigenvalue weighted by atomic mass is 10.1. The smallest absolute Gasteiger partial charge is 0.434 e. The van der Waals surface area contributed by atoms with Crippen molar-refractivity contribution in [1.29, 1.82) is 0 Å². The third-order valence-electron chi connectivity index (χ3n) is 4.13. The van der Waals surface area contributed by atoms with Crippen LogP contribution in [0.3, 0.4) is 0 Å². The number of methoxy groups -OCH3 is 3. The van der Waals surface area contributed by atoms with Crippen molar-refractivity contribution in [3.63, 3.8) is 0 Å². The zero-order valence-electron chi connectivity index (χ0n) is 18.1. The predicted molar refractivity (Wildman–Crippen MR) is 121 cm³/mol. The Morgan fingerprint density at radius 1 is 1.03 bits per heavy atom. The van der Waals surface area contributed by atoms with Gasteiger partial charge in [-0.15, -0.1) is 11.8 Å². The highest BCUT2D eigenvalue weighted by Gasteiger charge is 2.17. The van der Waals surface area contributed by atoms with Gasteiger partial charge in [-0.05, 0) is 30.5 Å². The Bertz CT molecular complexity index is 1140. The highest BCUT2D eigenvalue weighted by Crippen LogP contribution is 2.25. The number of pyridine rings is 1. The van der Waals surface area contributed by atoms with Gasteiger partial charge in [-0.3, -0.25) is 0 Å². The first-order chi connectivity index (χ1) is 15.5. The Balaban J connectivity index is 2.11. The number of carbonyl (C=O) groups is 1. The number of hydrogen-bond acceptors (Lipinski definition) is 10. The van der Waals surface area contributed by atoms with E-state index in [1.165, 1.54) is 33.1 Å².